The van der Waals surface area contributed by atoms with Crippen molar-refractivity contribution in [1.82, 2.24) is 4.90 Å². The number of para-hydroxylation sites is 1. The van der Waals surface area contributed by atoms with Gasteiger partial charge in [-0.2, -0.15) is 0 Å². The summed E-state index contributed by atoms with van der Waals surface area (Å²) in [6.07, 6.45) is 0. The van der Waals surface area contributed by atoms with Crippen molar-refractivity contribution in [3.63, 3.8) is 0 Å². The fourth-order valence-corrected chi connectivity index (χ4v) is 2.70. The standard InChI is InChI=1S/C18H21N3O2/c1-23-17-9-5-8-16(14-17)20-10-12-21(13-11-20)18(22)19-15-6-3-2-4-7-15/h2-9,14H,10-13H2,1H3,(H,19,22). The maximum atomic E-state index is 12.3. The molecule has 0 unspecified atom stereocenters. The van der Waals surface area contributed by atoms with Crippen LogP contribution in [-0.4, -0.2) is 44.2 Å². The number of nitrogens with zero attached hydrogens (tertiary/aromatic N) is 2. The Labute approximate surface area is 136 Å². The van der Waals surface area contributed by atoms with Crippen LogP contribution in [0.3, 0.4) is 0 Å². The lowest BCUT2D eigenvalue weighted by atomic mass is 10.2. The van der Waals surface area contributed by atoms with Crippen LogP contribution in [-0.2, 0) is 0 Å². The van der Waals surface area contributed by atoms with Gasteiger partial charge in [-0.3, -0.25) is 0 Å². The third-order valence-corrected chi connectivity index (χ3v) is 4.01. The molecular weight excluding hydrogens is 290 g/mol. The van der Waals surface area contributed by atoms with Crippen LogP contribution in [0.2, 0.25) is 0 Å². The topological polar surface area (TPSA) is 44.8 Å². The van der Waals surface area contributed by atoms with Crippen LogP contribution in [0, 0.1) is 0 Å². The van der Waals surface area contributed by atoms with Gasteiger partial charge < -0.3 is 19.9 Å². The van der Waals surface area contributed by atoms with Gasteiger partial charge in [0.1, 0.15) is 5.75 Å². The minimum atomic E-state index is -0.0403. The molecule has 0 aromatic heterocycles. The summed E-state index contributed by atoms with van der Waals surface area (Å²) >= 11 is 0. The average molecular weight is 311 g/mol. The summed E-state index contributed by atoms with van der Waals surface area (Å²) in [5, 5.41) is 2.93. The highest BCUT2D eigenvalue weighted by atomic mass is 16.5. The lowest BCUT2D eigenvalue weighted by molar-refractivity contribution is 0.208. The molecule has 2 aromatic rings. The normalized spacial score (nSPS) is 14.5. The summed E-state index contributed by atoms with van der Waals surface area (Å²) in [4.78, 5) is 16.4. The van der Waals surface area contributed by atoms with Gasteiger partial charge in [-0.1, -0.05) is 24.3 Å². The van der Waals surface area contributed by atoms with Crippen molar-refractivity contribution in [1.29, 1.82) is 0 Å². The van der Waals surface area contributed by atoms with Crippen molar-refractivity contribution < 1.29 is 9.53 Å². The van der Waals surface area contributed by atoms with Crippen LogP contribution < -0.4 is 15.0 Å². The van der Waals surface area contributed by atoms with E-state index in [9.17, 15) is 4.79 Å². The van der Waals surface area contributed by atoms with E-state index in [1.807, 2.05) is 53.4 Å². The molecular formula is C18H21N3O2. The fourth-order valence-electron chi connectivity index (χ4n) is 2.70. The highest BCUT2D eigenvalue weighted by molar-refractivity contribution is 5.89. The van der Waals surface area contributed by atoms with E-state index in [4.69, 9.17) is 4.74 Å². The number of amides is 2. The summed E-state index contributed by atoms with van der Waals surface area (Å²) in [6, 6.07) is 17.5. The maximum absolute atomic E-state index is 12.3. The SMILES string of the molecule is COc1cccc(N2CCN(C(=O)Nc3ccccc3)CC2)c1. The van der Waals surface area contributed by atoms with Crippen molar-refractivity contribution in [2.45, 2.75) is 0 Å². The molecule has 120 valence electrons. The first kappa shape index (κ1) is 15.2. The van der Waals surface area contributed by atoms with E-state index in [1.165, 1.54) is 0 Å². The zero-order valence-electron chi connectivity index (χ0n) is 13.2. The molecule has 0 radical (unpaired) electrons. The molecule has 2 amide bonds. The number of carbonyl (C=O) groups is 1. The Morgan fingerprint density at radius 1 is 1.00 bits per heavy atom. The zero-order valence-corrected chi connectivity index (χ0v) is 13.2. The highest BCUT2D eigenvalue weighted by Gasteiger charge is 2.21. The smallest absolute Gasteiger partial charge is 0.321 e. The molecule has 2 aromatic carbocycles. The van der Waals surface area contributed by atoms with Crippen molar-refractivity contribution in [2.75, 3.05) is 43.5 Å². The number of benzene rings is 2. The van der Waals surface area contributed by atoms with Crippen LogP contribution in [0.1, 0.15) is 0 Å². The predicted octanol–water partition coefficient (Wildman–Crippen LogP) is 3.05. The molecule has 0 atom stereocenters. The third kappa shape index (κ3) is 3.74. The van der Waals surface area contributed by atoms with E-state index in [0.29, 0.717) is 13.1 Å². The number of hydrogen-bond acceptors (Lipinski definition) is 3. The molecule has 1 fully saturated rings. The number of urea groups is 1. The van der Waals surface area contributed by atoms with Gasteiger partial charge in [0, 0.05) is 43.6 Å². The highest BCUT2D eigenvalue weighted by Crippen LogP contribution is 2.22. The fraction of sp³-hybridized carbons (Fsp3) is 0.278. The van der Waals surface area contributed by atoms with Crippen LogP contribution >= 0.6 is 0 Å². The summed E-state index contributed by atoms with van der Waals surface area (Å²) < 4.78 is 5.27. The zero-order chi connectivity index (χ0) is 16.1. The molecule has 5 nitrogen and oxygen atoms in total. The Bertz CT molecular complexity index is 652. The van der Waals surface area contributed by atoms with Crippen LogP contribution in [0.5, 0.6) is 5.75 Å². The van der Waals surface area contributed by atoms with Crippen molar-refractivity contribution in [3.8, 4) is 5.75 Å². The number of carbonyl (C=O) groups excluding carboxylic acids is 1. The number of methoxy groups -OCH3 is 1. The van der Waals surface area contributed by atoms with Crippen molar-refractivity contribution in [3.05, 3.63) is 54.6 Å². The maximum Gasteiger partial charge on any atom is 0.321 e. The molecule has 5 heteroatoms. The predicted molar refractivity (Wildman–Crippen MR) is 92.2 cm³/mol. The first-order valence-corrected chi connectivity index (χ1v) is 7.76. The molecule has 23 heavy (non-hydrogen) atoms. The molecule has 0 spiro atoms. The van der Waals surface area contributed by atoms with Gasteiger partial charge in [-0.05, 0) is 24.3 Å². The molecule has 1 heterocycles. The summed E-state index contributed by atoms with van der Waals surface area (Å²) in [7, 11) is 1.67. The Balaban J connectivity index is 1.56. The van der Waals surface area contributed by atoms with Gasteiger partial charge in [-0.25, -0.2) is 4.79 Å². The van der Waals surface area contributed by atoms with Gasteiger partial charge in [0.05, 0.1) is 7.11 Å². The molecule has 1 N–H and O–H groups in total. The summed E-state index contributed by atoms with van der Waals surface area (Å²) in [6.45, 7) is 3.04. The molecule has 3 rings (SSSR count). The van der Waals surface area contributed by atoms with Gasteiger partial charge in [0.2, 0.25) is 0 Å². The van der Waals surface area contributed by atoms with E-state index in [2.05, 4.69) is 16.3 Å². The first-order chi connectivity index (χ1) is 11.3. The second-order valence-electron chi connectivity index (χ2n) is 5.47. The number of nitrogens with one attached hydrogen (secondary N) is 1. The number of rotatable bonds is 3. The number of hydrogen-bond donors (Lipinski definition) is 1. The van der Waals surface area contributed by atoms with E-state index in [-0.39, 0.29) is 6.03 Å². The lowest BCUT2D eigenvalue weighted by Gasteiger charge is -2.36. The Kier molecular flexibility index (Phi) is 4.66. The van der Waals surface area contributed by atoms with E-state index >= 15 is 0 Å². The van der Waals surface area contributed by atoms with E-state index in [1.54, 1.807) is 7.11 Å². The van der Waals surface area contributed by atoms with E-state index < -0.39 is 0 Å². The molecule has 1 aliphatic heterocycles. The second kappa shape index (κ2) is 7.05. The monoisotopic (exact) mass is 311 g/mol. The summed E-state index contributed by atoms with van der Waals surface area (Å²) in [5.74, 6) is 0.853. The van der Waals surface area contributed by atoms with Crippen LogP contribution in [0.25, 0.3) is 0 Å². The van der Waals surface area contributed by atoms with Crippen LogP contribution in [0.15, 0.2) is 54.6 Å². The third-order valence-electron chi connectivity index (χ3n) is 4.01. The second-order valence-corrected chi connectivity index (χ2v) is 5.47. The molecule has 0 aliphatic carbocycles. The first-order valence-electron chi connectivity index (χ1n) is 7.76. The van der Waals surface area contributed by atoms with Crippen molar-refractivity contribution >= 4 is 17.4 Å². The van der Waals surface area contributed by atoms with Gasteiger partial charge in [0.15, 0.2) is 0 Å². The van der Waals surface area contributed by atoms with Crippen molar-refractivity contribution in [2.24, 2.45) is 0 Å². The average Bonchev–Trinajstić information content (AvgIpc) is 2.63. The molecule has 0 bridgehead atoms. The summed E-state index contributed by atoms with van der Waals surface area (Å²) in [5.41, 5.74) is 1.96. The van der Waals surface area contributed by atoms with E-state index in [0.717, 1.165) is 30.2 Å². The quantitative estimate of drug-likeness (QED) is 0.947. The van der Waals surface area contributed by atoms with Gasteiger partial charge in [-0.15, -0.1) is 0 Å². The Hall–Kier alpha value is -2.69. The van der Waals surface area contributed by atoms with Gasteiger partial charge in [0.25, 0.3) is 0 Å². The minimum absolute atomic E-state index is 0.0403. The Morgan fingerprint density at radius 3 is 2.43 bits per heavy atom. The molecule has 1 aliphatic rings. The van der Waals surface area contributed by atoms with Crippen LogP contribution in [0.4, 0.5) is 16.2 Å². The minimum Gasteiger partial charge on any atom is -0.497 e. The van der Waals surface area contributed by atoms with Gasteiger partial charge >= 0.3 is 6.03 Å². The number of ether oxygens (including phenoxy) is 1. The lowest BCUT2D eigenvalue weighted by Crippen LogP contribution is -2.50. The largest absolute Gasteiger partial charge is 0.497 e. The Morgan fingerprint density at radius 2 is 1.74 bits per heavy atom. The number of piperazine rings is 1. The molecule has 1 saturated heterocycles. The number of anilines is 2. The molecule has 0 saturated carbocycles.